The third kappa shape index (κ3) is 6.57. The van der Waals surface area contributed by atoms with E-state index in [0.717, 1.165) is 22.7 Å². The van der Waals surface area contributed by atoms with E-state index in [-0.39, 0.29) is 0 Å². The van der Waals surface area contributed by atoms with Gasteiger partial charge in [-0.3, -0.25) is 0 Å². The Balaban J connectivity index is 1.07. The summed E-state index contributed by atoms with van der Waals surface area (Å²) in [5, 5.41) is 7.72. The first-order valence-corrected chi connectivity index (χ1v) is 23.0. The third-order valence-corrected chi connectivity index (χ3v) is 13.8. The van der Waals surface area contributed by atoms with E-state index >= 15 is 0 Å². The molecule has 1 heterocycles. The first-order chi connectivity index (χ1) is 31.8. The maximum Gasteiger partial charge on any atom is 0.0619 e. The molecule has 2 heteroatoms. The summed E-state index contributed by atoms with van der Waals surface area (Å²) in [7, 11) is 0. The Labute approximate surface area is 375 Å². The summed E-state index contributed by atoms with van der Waals surface area (Å²) in [5.41, 5.74) is 15.8. The number of nitrogens with zero attached hydrogens (tertiary/aromatic N) is 2. The van der Waals surface area contributed by atoms with E-state index in [4.69, 9.17) is 0 Å². The molecular formula is C62H48N2. The zero-order chi connectivity index (χ0) is 42.4. The molecule has 0 spiro atoms. The fourth-order valence-electron chi connectivity index (χ4n) is 10.8. The minimum atomic E-state index is 0.578. The standard InChI is InChI=1S/C62H48N2/c1-3-18-44(19-4-1)53-32-15-22-46-23-16-34-57(61(46)53)55-29-9-11-36-59(55)63(49-40-38-45(39-41-49)52-31-14-21-43-20-7-8-28-51(43)52)50-27-13-24-47(42-50)54-33-17-35-58-56-30-10-12-37-60(56)64(62(54)58)48-25-5-2-6-26-48/h2,5-17,20-42,44H,1,3-4,18-19H2. The number of hydrogen-bond donors (Lipinski definition) is 0. The Morgan fingerprint density at radius 3 is 1.88 bits per heavy atom. The monoisotopic (exact) mass is 820 g/mol. The van der Waals surface area contributed by atoms with E-state index in [0.29, 0.717) is 5.92 Å². The number of hydrogen-bond acceptors (Lipinski definition) is 1. The molecule has 0 saturated heterocycles. The Morgan fingerprint density at radius 2 is 1.02 bits per heavy atom. The molecule has 0 bridgehead atoms. The minimum Gasteiger partial charge on any atom is -0.310 e. The average molecular weight is 821 g/mol. The first kappa shape index (κ1) is 38.0. The lowest BCUT2D eigenvalue weighted by Gasteiger charge is -2.29. The SMILES string of the molecule is c1ccc(-n2c3ccccc3c3cccc(-c4cccc(N(c5ccc(-c6cccc7ccccc67)cc5)c5ccccc5-c5cccc6cccc(C7CCCCC7)c56)c4)c32)cc1. The highest BCUT2D eigenvalue weighted by Crippen LogP contribution is 2.47. The normalized spacial score (nSPS) is 13.2. The van der Waals surface area contributed by atoms with Crippen molar-refractivity contribution in [3.05, 3.63) is 230 Å². The van der Waals surface area contributed by atoms with Crippen molar-refractivity contribution in [2.75, 3.05) is 4.90 Å². The first-order valence-electron chi connectivity index (χ1n) is 23.0. The highest BCUT2D eigenvalue weighted by Gasteiger charge is 2.24. The van der Waals surface area contributed by atoms with Gasteiger partial charge in [0.25, 0.3) is 0 Å². The van der Waals surface area contributed by atoms with Crippen LogP contribution in [0.3, 0.4) is 0 Å². The number of fused-ring (bicyclic) bond motifs is 5. The molecule has 1 aromatic heterocycles. The van der Waals surface area contributed by atoms with Crippen molar-refractivity contribution in [1.29, 1.82) is 0 Å². The fraction of sp³-hybridized carbons (Fsp3) is 0.0968. The van der Waals surface area contributed by atoms with Gasteiger partial charge >= 0.3 is 0 Å². The van der Waals surface area contributed by atoms with Gasteiger partial charge in [-0.15, -0.1) is 0 Å². The molecule has 1 saturated carbocycles. The highest BCUT2D eigenvalue weighted by atomic mass is 15.1. The zero-order valence-corrected chi connectivity index (χ0v) is 35.9. The van der Waals surface area contributed by atoms with Gasteiger partial charge in [0.05, 0.1) is 16.7 Å². The summed E-state index contributed by atoms with van der Waals surface area (Å²) in [6.07, 6.45) is 6.46. The van der Waals surface area contributed by atoms with Crippen molar-refractivity contribution >= 4 is 60.4 Å². The van der Waals surface area contributed by atoms with Crippen LogP contribution < -0.4 is 4.90 Å². The maximum atomic E-state index is 2.49. The predicted molar refractivity (Wildman–Crippen MR) is 273 cm³/mol. The van der Waals surface area contributed by atoms with Crippen molar-refractivity contribution < 1.29 is 0 Å². The molecule has 0 aliphatic heterocycles. The van der Waals surface area contributed by atoms with Crippen LogP contribution in [0.25, 0.3) is 82.4 Å². The molecule has 1 aliphatic rings. The molecule has 0 radical (unpaired) electrons. The van der Waals surface area contributed by atoms with Gasteiger partial charge in [-0.1, -0.05) is 195 Å². The Bertz CT molecular complexity index is 3470. The summed E-state index contributed by atoms with van der Waals surface area (Å²) in [4.78, 5) is 2.49. The smallest absolute Gasteiger partial charge is 0.0619 e. The van der Waals surface area contributed by atoms with Crippen LogP contribution in [0.5, 0.6) is 0 Å². The lowest BCUT2D eigenvalue weighted by atomic mass is 9.80. The van der Waals surface area contributed by atoms with Crippen LogP contribution >= 0.6 is 0 Å². The third-order valence-electron chi connectivity index (χ3n) is 13.8. The molecule has 11 aromatic rings. The minimum absolute atomic E-state index is 0.578. The number of anilines is 3. The number of benzene rings is 10. The van der Waals surface area contributed by atoms with Gasteiger partial charge in [-0.25, -0.2) is 0 Å². The molecule has 2 nitrogen and oxygen atoms in total. The second kappa shape index (κ2) is 16.2. The zero-order valence-electron chi connectivity index (χ0n) is 35.9. The second-order valence-corrected chi connectivity index (χ2v) is 17.5. The van der Waals surface area contributed by atoms with Crippen LogP contribution in [0.2, 0.25) is 0 Å². The summed E-state index contributed by atoms with van der Waals surface area (Å²) in [6.45, 7) is 0. The van der Waals surface area contributed by atoms with Crippen LogP contribution in [-0.4, -0.2) is 4.57 Å². The molecule has 0 atom stereocenters. The summed E-state index contributed by atoms with van der Waals surface area (Å²) < 4.78 is 2.44. The van der Waals surface area contributed by atoms with Crippen molar-refractivity contribution in [1.82, 2.24) is 4.57 Å². The quantitative estimate of drug-likeness (QED) is 0.148. The van der Waals surface area contributed by atoms with Crippen molar-refractivity contribution in [3.63, 3.8) is 0 Å². The molecule has 12 rings (SSSR count). The predicted octanol–water partition coefficient (Wildman–Crippen LogP) is 17.6. The van der Waals surface area contributed by atoms with E-state index in [9.17, 15) is 0 Å². The molecule has 1 fully saturated rings. The van der Waals surface area contributed by atoms with E-state index in [1.807, 2.05) is 0 Å². The van der Waals surface area contributed by atoms with Gasteiger partial charge in [0.2, 0.25) is 0 Å². The fourth-order valence-corrected chi connectivity index (χ4v) is 10.8. The molecule has 0 unspecified atom stereocenters. The lowest BCUT2D eigenvalue weighted by molar-refractivity contribution is 0.445. The molecule has 0 amide bonds. The van der Waals surface area contributed by atoms with E-state index < -0.39 is 0 Å². The largest absolute Gasteiger partial charge is 0.310 e. The van der Waals surface area contributed by atoms with Crippen LogP contribution in [-0.2, 0) is 0 Å². The Morgan fingerprint density at radius 1 is 0.391 bits per heavy atom. The molecule has 10 aromatic carbocycles. The topological polar surface area (TPSA) is 8.17 Å². The lowest BCUT2D eigenvalue weighted by Crippen LogP contribution is -2.11. The Kier molecular flexibility index (Phi) is 9.64. The van der Waals surface area contributed by atoms with Crippen molar-refractivity contribution in [2.45, 2.75) is 38.0 Å². The van der Waals surface area contributed by atoms with E-state index in [1.54, 1.807) is 0 Å². The van der Waals surface area contributed by atoms with Crippen molar-refractivity contribution in [2.24, 2.45) is 0 Å². The van der Waals surface area contributed by atoms with Gasteiger partial charge < -0.3 is 9.47 Å². The van der Waals surface area contributed by atoms with Gasteiger partial charge in [0.15, 0.2) is 0 Å². The van der Waals surface area contributed by atoms with Gasteiger partial charge in [0.1, 0.15) is 0 Å². The Hall–Kier alpha value is -7.68. The van der Waals surface area contributed by atoms with E-state index in [1.165, 1.54) is 114 Å². The molecule has 1 aliphatic carbocycles. The number of rotatable bonds is 8. The van der Waals surface area contributed by atoms with Gasteiger partial charge in [-0.2, -0.15) is 0 Å². The van der Waals surface area contributed by atoms with E-state index in [2.05, 4.69) is 234 Å². The van der Waals surface area contributed by atoms with Crippen LogP contribution in [0, 0.1) is 0 Å². The molecule has 64 heavy (non-hydrogen) atoms. The summed E-state index contributed by atoms with van der Waals surface area (Å²) >= 11 is 0. The summed E-state index contributed by atoms with van der Waals surface area (Å²) in [5.74, 6) is 0.578. The molecule has 0 N–H and O–H groups in total. The number of para-hydroxylation sites is 4. The van der Waals surface area contributed by atoms with Gasteiger partial charge in [-0.05, 0) is 117 Å². The maximum absolute atomic E-state index is 2.49. The average Bonchev–Trinajstić information content (AvgIpc) is 3.72. The molecule has 306 valence electrons. The number of aromatic nitrogens is 1. The highest BCUT2D eigenvalue weighted by molar-refractivity contribution is 6.14. The van der Waals surface area contributed by atoms with Gasteiger partial charge in [0, 0.05) is 39.0 Å². The van der Waals surface area contributed by atoms with Crippen LogP contribution in [0.4, 0.5) is 17.1 Å². The van der Waals surface area contributed by atoms with Crippen LogP contribution in [0.15, 0.2) is 224 Å². The van der Waals surface area contributed by atoms with Crippen LogP contribution in [0.1, 0.15) is 43.6 Å². The molecular weight excluding hydrogens is 773 g/mol. The second-order valence-electron chi connectivity index (χ2n) is 17.5. The summed E-state index contributed by atoms with van der Waals surface area (Å²) in [6, 6.07) is 83.0. The van der Waals surface area contributed by atoms with Crippen molar-refractivity contribution in [3.8, 4) is 39.1 Å².